The molecule has 116 valence electrons. The molecule has 0 unspecified atom stereocenters. The van der Waals surface area contributed by atoms with E-state index in [0.717, 1.165) is 10.5 Å². The molecule has 0 fully saturated rings. The van der Waals surface area contributed by atoms with Crippen LogP contribution in [0.3, 0.4) is 0 Å². The zero-order valence-corrected chi connectivity index (χ0v) is 13.8. The third-order valence-corrected chi connectivity index (χ3v) is 5.17. The number of hydrogen-bond acceptors (Lipinski definition) is 3. The molecule has 2 rings (SSSR count). The highest BCUT2D eigenvalue weighted by atomic mass is 79.9. The van der Waals surface area contributed by atoms with Gasteiger partial charge in [0.25, 0.3) is 0 Å². The van der Waals surface area contributed by atoms with Crippen molar-refractivity contribution in [2.24, 2.45) is 0 Å². The SMILES string of the molecule is O=C(CCS(=O)(=O)c1ccccc1F)Nc1ccc(Br)cc1. The number of rotatable bonds is 5. The second kappa shape index (κ2) is 7.02. The van der Waals surface area contributed by atoms with Crippen LogP contribution >= 0.6 is 15.9 Å². The fourth-order valence-electron chi connectivity index (χ4n) is 1.79. The molecular weight excluding hydrogens is 373 g/mol. The van der Waals surface area contributed by atoms with Crippen molar-refractivity contribution in [2.45, 2.75) is 11.3 Å². The quantitative estimate of drug-likeness (QED) is 0.857. The second-order valence-electron chi connectivity index (χ2n) is 4.55. The van der Waals surface area contributed by atoms with Crippen molar-refractivity contribution in [2.75, 3.05) is 11.1 Å². The van der Waals surface area contributed by atoms with Crippen LogP contribution in [0.15, 0.2) is 57.9 Å². The average molecular weight is 386 g/mol. The molecule has 0 aromatic heterocycles. The number of nitrogens with one attached hydrogen (secondary N) is 1. The Kier molecular flexibility index (Phi) is 5.31. The molecule has 0 aliphatic heterocycles. The molecule has 22 heavy (non-hydrogen) atoms. The minimum absolute atomic E-state index is 0.243. The Hall–Kier alpha value is -1.73. The van der Waals surface area contributed by atoms with E-state index >= 15 is 0 Å². The van der Waals surface area contributed by atoms with Crippen LogP contribution in [0, 0.1) is 5.82 Å². The van der Waals surface area contributed by atoms with E-state index in [1.807, 2.05) is 0 Å². The van der Waals surface area contributed by atoms with Crippen molar-refractivity contribution < 1.29 is 17.6 Å². The van der Waals surface area contributed by atoms with Gasteiger partial charge in [0.2, 0.25) is 5.91 Å². The first-order valence-corrected chi connectivity index (χ1v) is 8.86. The van der Waals surface area contributed by atoms with Gasteiger partial charge >= 0.3 is 0 Å². The maximum Gasteiger partial charge on any atom is 0.225 e. The molecule has 7 heteroatoms. The van der Waals surface area contributed by atoms with Gasteiger partial charge in [-0.1, -0.05) is 28.1 Å². The van der Waals surface area contributed by atoms with Crippen molar-refractivity contribution in [3.05, 3.63) is 58.8 Å². The van der Waals surface area contributed by atoms with E-state index in [9.17, 15) is 17.6 Å². The Labute approximate surface area is 136 Å². The fraction of sp³-hybridized carbons (Fsp3) is 0.133. The number of amides is 1. The lowest BCUT2D eigenvalue weighted by Gasteiger charge is -2.07. The fourth-order valence-corrected chi connectivity index (χ4v) is 3.38. The van der Waals surface area contributed by atoms with Gasteiger partial charge in [0.15, 0.2) is 9.84 Å². The molecule has 0 saturated carbocycles. The summed E-state index contributed by atoms with van der Waals surface area (Å²) in [6.45, 7) is 0. The lowest BCUT2D eigenvalue weighted by atomic mass is 10.3. The molecule has 0 aliphatic carbocycles. The van der Waals surface area contributed by atoms with Gasteiger partial charge in [0, 0.05) is 16.6 Å². The van der Waals surface area contributed by atoms with Gasteiger partial charge in [0.05, 0.1) is 5.75 Å². The Morgan fingerprint density at radius 3 is 2.36 bits per heavy atom. The van der Waals surface area contributed by atoms with E-state index in [1.54, 1.807) is 24.3 Å². The standard InChI is InChI=1S/C15H13BrFNO3S/c16-11-5-7-12(8-6-11)18-15(19)9-10-22(20,21)14-4-2-1-3-13(14)17/h1-8H,9-10H2,(H,18,19). The predicted octanol–water partition coefficient (Wildman–Crippen LogP) is 3.39. The number of halogens is 2. The van der Waals surface area contributed by atoms with Crippen LogP contribution in [-0.2, 0) is 14.6 Å². The Morgan fingerprint density at radius 2 is 1.73 bits per heavy atom. The monoisotopic (exact) mass is 385 g/mol. The van der Waals surface area contributed by atoms with Crippen LogP contribution in [0.5, 0.6) is 0 Å². The van der Waals surface area contributed by atoms with Crippen LogP contribution in [0.1, 0.15) is 6.42 Å². The van der Waals surface area contributed by atoms with Crippen LogP contribution in [-0.4, -0.2) is 20.1 Å². The van der Waals surface area contributed by atoms with Crippen LogP contribution < -0.4 is 5.32 Å². The summed E-state index contributed by atoms with van der Waals surface area (Å²) in [4.78, 5) is 11.4. The van der Waals surface area contributed by atoms with Crippen LogP contribution in [0.4, 0.5) is 10.1 Å². The van der Waals surface area contributed by atoms with Gasteiger partial charge in [0.1, 0.15) is 10.7 Å². The molecule has 0 saturated heterocycles. The summed E-state index contributed by atoms with van der Waals surface area (Å²) in [5.74, 6) is -1.70. The highest BCUT2D eigenvalue weighted by Gasteiger charge is 2.20. The van der Waals surface area contributed by atoms with E-state index in [-0.39, 0.29) is 11.3 Å². The second-order valence-corrected chi connectivity index (χ2v) is 7.55. The molecule has 1 N–H and O–H groups in total. The van der Waals surface area contributed by atoms with Gasteiger partial charge in [-0.3, -0.25) is 4.79 Å². The summed E-state index contributed by atoms with van der Waals surface area (Å²) in [6.07, 6.45) is -0.243. The largest absolute Gasteiger partial charge is 0.326 e. The van der Waals surface area contributed by atoms with E-state index in [2.05, 4.69) is 21.2 Å². The van der Waals surface area contributed by atoms with Crippen LogP contribution in [0.2, 0.25) is 0 Å². The van der Waals surface area contributed by atoms with E-state index in [4.69, 9.17) is 0 Å². The third-order valence-electron chi connectivity index (χ3n) is 2.90. The Morgan fingerprint density at radius 1 is 1.09 bits per heavy atom. The number of carbonyl (C=O) groups excluding carboxylic acids is 1. The zero-order valence-electron chi connectivity index (χ0n) is 11.4. The van der Waals surface area contributed by atoms with E-state index in [1.165, 1.54) is 18.2 Å². The van der Waals surface area contributed by atoms with Crippen molar-refractivity contribution in [3.63, 3.8) is 0 Å². The smallest absolute Gasteiger partial charge is 0.225 e. The summed E-state index contributed by atoms with van der Waals surface area (Å²) >= 11 is 3.27. The molecule has 0 bridgehead atoms. The average Bonchev–Trinajstić information content (AvgIpc) is 2.48. The number of carbonyl (C=O) groups is 1. The summed E-state index contributed by atoms with van der Waals surface area (Å²) in [6, 6.07) is 12.0. The number of hydrogen-bond donors (Lipinski definition) is 1. The zero-order chi connectivity index (χ0) is 16.2. The maximum absolute atomic E-state index is 13.5. The first kappa shape index (κ1) is 16.6. The lowest BCUT2D eigenvalue weighted by molar-refractivity contribution is -0.115. The lowest BCUT2D eigenvalue weighted by Crippen LogP contribution is -2.18. The van der Waals surface area contributed by atoms with E-state index in [0.29, 0.717) is 5.69 Å². The van der Waals surface area contributed by atoms with Crippen molar-refractivity contribution in [1.82, 2.24) is 0 Å². The summed E-state index contributed by atoms with van der Waals surface area (Å²) < 4.78 is 38.4. The van der Waals surface area contributed by atoms with E-state index < -0.39 is 27.3 Å². The highest BCUT2D eigenvalue weighted by Crippen LogP contribution is 2.17. The van der Waals surface area contributed by atoms with Gasteiger partial charge in [-0.05, 0) is 36.4 Å². The first-order valence-electron chi connectivity index (χ1n) is 6.41. The van der Waals surface area contributed by atoms with Crippen molar-refractivity contribution >= 4 is 37.4 Å². The minimum atomic E-state index is -3.83. The minimum Gasteiger partial charge on any atom is -0.326 e. The number of anilines is 1. The molecule has 0 atom stereocenters. The van der Waals surface area contributed by atoms with Gasteiger partial charge < -0.3 is 5.32 Å². The highest BCUT2D eigenvalue weighted by molar-refractivity contribution is 9.10. The first-order chi connectivity index (χ1) is 10.4. The Bertz CT molecular complexity index is 776. The molecule has 4 nitrogen and oxygen atoms in total. The molecule has 0 heterocycles. The third kappa shape index (κ3) is 4.38. The molecule has 0 radical (unpaired) electrons. The summed E-state index contributed by atoms with van der Waals surface area (Å²) in [5.41, 5.74) is 0.566. The Balaban J connectivity index is 1.98. The molecule has 1 amide bonds. The van der Waals surface area contributed by atoms with Crippen molar-refractivity contribution in [1.29, 1.82) is 0 Å². The van der Waals surface area contributed by atoms with Crippen molar-refractivity contribution in [3.8, 4) is 0 Å². The predicted molar refractivity (Wildman–Crippen MR) is 85.8 cm³/mol. The molecular formula is C15H13BrFNO3S. The van der Waals surface area contributed by atoms with Gasteiger partial charge in [-0.2, -0.15) is 0 Å². The molecule has 0 aliphatic rings. The van der Waals surface area contributed by atoms with Crippen LogP contribution in [0.25, 0.3) is 0 Å². The molecule has 0 spiro atoms. The maximum atomic E-state index is 13.5. The van der Waals surface area contributed by atoms with Gasteiger partial charge in [-0.15, -0.1) is 0 Å². The topological polar surface area (TPSA) is 63.2 Å². The van der Waals surface area contributed by atoms with Gasteiger partial charge in [-0.25, -0.2) is 12.8 Å². The molecule has 2 aromatic rings. The number of benzene rings is 2. The summed E-state index contributed by atoms with van der Waals surface area (Å²) in [5, 5.41) is 2.59. The summed E-state index contributed by atoms with van der Waals surface area (Å²) in [7, 11) is -3.83. The normalized spacial score (nSPS) is 11.2. The number of sulfone groups is 1. The molecule has 2 aromatic carbocycles.